The van der Waals surface area contributed by atoms with Gasteiger partial charge < -0.3 is 14.2 Å². The smallest absolute Gasteiger partial charge is 0.338 e. The van der Waals surface area contributed by atoms with E-state index in [2.05, 4.69) is 39.7 Å². The molecular weight excluding hydrogens is 663 g/mol. The number of esters is 1. The van der Waals surface area contributed by atoms with E-state index < -0.39 is 12.0 Å². The Morgan fingerprint density at radius 3 is 2.48 bits per heavy atom. The van der Waals surface area contributed by atoms with Gasteiger partial charge in [0.25, 0.3) is 5.56 Å². The second-order valence-electron chi connectivity index (χ2n) is 9.99. The van der Waals surface area contributed by atoms with Crippen molar-refractivity contribution in [2.75, 3.05) is 6.61 Å². The minimum absolute atomic E-state index is 0.0957. The molecule has 1 aliphatic rings. The number of hydrogen-bond donors (Lipinski definition) is 0. The number of aromatic nitrogens is 1. The van der Waals surface area contributed by atoms with Crippen LogP contribution in [0.15, 0.2) is 93.9 Å². The van der Waals surface area contributed by atoms with Crippen LogP contribution in [-0.4, -0.2) is 23.2 Å². The van der Waals surface area contributed by atoms with Crippen LogP contribution in [0.1, 0.15) is 50.4 Å². The predicted molar refractivity (Wildman–Crippen MR) is 173 cm³/mol. The molecule has 7 nitrogen and oxygen atoms in total. The van der Waals surface area contributed by atoms with Gasteiger partial charge in [-0.05, 0) is 97.8 Å². The third-order valence-corrected chi connectivity index (χ3v) is 8.29. The molecule has 5 rings (SSSR count). The van der Waals surface area contributed by atoms with Crippen LogP contribution in [0.3, 0.4) is 0 Å². The second kappa shape index (κ2) is 13.1. The highest BCUT2D eigenvalue weighted by molar-refractivity contribution is 14.1. The van der Waals surface area contributed by atoms with Crippen molar-refractivity contribution in [1.82, 2.24) is 4.57 Å². The molecule has 0 radical (unpaired) electrons. The number of allylic oxidation sites excluding steroid dienone is 1. The Balaban J connectivity index is 1.52. The maximum absolute atomic E-state index is 14.0. The molecule has 0 fully saturated rings. The molecule has 0 amide bonds. The molecule has 0 unspecified atom stereocenters. The van der Waals surface area contributed by atoms with Gasteiger partial charge in [0.05, 0.1) is 28.5 Å². The number of ether oxygens (including phenoxy) is 3. The van der Waals surface area contributed by atoms with Gasteiger partial charge in [-0.1, -0.05) is 53.8 Å². The molecule has 42 heavy (non-hydrogen) atoms. The average Bonchev–Trinajstić information content (AvgIpc) is 3.27. The van der Waals surface area contributed by atoms with Crippen LogP contribution in [0.5, 0.6) is 11.5 Å². The second-order valence-corrected chi connectivity index (χ2v) is 12.2. The number of halogens is 1. The lowest BCUT2D eigenvalue weighted by atomic mass is 9.95. The summed E-state index contributed by atoms with van der Waals surface area (Å²) in [7, 11) is 0. The van der Waals surface area contributed by atoms with Crippen LogP contribution >= 0.6 is 33.9 Å². The standard InChI is InChI=1S/C33H31IN2O5S/c1-5-39-32(38)29-21(4)35-33-36(30(29)26-8-6-7-9-27(26)41-20(2)3)31(37)28(42-33)18-22-12-16-25(17-13-22)40-19-23-10-14-24(34)15-11-23/h6-18,20,30H,5,19H2,1-4H3/b28-18+/t30-/m0/s1. The molecule has 1 atom stereocenters. The molecular formula is C33H31IN2O5S. The summed E-state index contributed by atoms with van der Waals surface area (Å²) < 4.78 is 20.7. The Kier molecular flexibility index (Phi) is 9.27. The van der Waals surface area contributed by atoms with Gasteiger partial charge in [-0.3, -0.25) is 9.36 Å². The van der Waals surface area contributed by atoms with Crippen LogP contribution < -0.4 is 24.4 Å². The predicted octanol–water partition coefficient (Wildman–Crippen LogP) is 5.77. The summed E-state index contributed by atoms with van der Waals surface area (Å²) in [6.07, 6.45) is 1.74. The van der Waals surface area contributed by atoms with Crippen molar-refractivity contribution in [1.29, 1.82) is 0 Å². The van der Waals surface area contributed by atoms with Gasteiger partial charge in [0.15, 0.2) is 4.80 Å². The van der Waals surface area contributed by atoms with E-state index in [-0.39, 0.29) is 18.3 Å². The molecule has 1 aromatic heterocycles. The first kappa shape index (κ1) is 29.8. The third-order valence-electron chi connectivity index (χ3n) is 6.59. The van der Waals surface area contributed by atoms with E-state index in [0.717, 1.165) is 16.9 Å². The van der Waals surface area contributed by atoms with E-state index in [0.29, 0.717) is 38.5 Å². The number of nitrogens with zero attached hydrogens (tertiary/aromatic N) is 2. The van der Waals surface area contributed by atoms with Crippen LogP contribution in [0.4, 0.5) is 0 Å². The average molecular weight is 695 g/mol. The zero-order valence-electron chi connectivity index (χ0n) is 23.8. The molecule has 0 spiro atoms. The first-order chi connectivity index (χ1) is 20.2. The largest absolute Gasteiger partial charge is 0.491 e. The van der Waals surface area contributed by atoms with Gasteiger partial charge in [0.2, 0.25) is 0 Å². The third kappa shape index (κ3) is 6.52. The number of thiazole rings is 1. The summed E-state index contributed by atoms with van der Waals surface area (Å²) in [6, 6.07) is 22.6. The van der Waals surface area contributed by atoms with E-state index in [1.54, 1.807) is 18.4 Å². The summed E-state index contributed by atoms with van der Waals surface area (Å²) in [5, 5.41) is 0. The van der Waals surface area contributed by atoms with Crippen molar-refractivity contribution >= 4 is 46.0 Å². The number of fused-ring (bicyclic) bond motifs is 1. The van der Waals surface area contributed by atoms with E-state index in [4.69, 9.17) is 14.2 Å². The van der Waals surface area contributed by atoms with Crippen molar-refractivity contribution in [2.45, 2.75) is 46.4 Å². The Hall–Kier alpha value is -3.70. The van der Waals surface area contributed by atoms with Crippen LogP contribution in [0.2, 0.25) is 0 Å². The summed E-state index contributed by atoms with van der Waals surface area (Å²) in [4.78, 5) is 32.4. The lowest BCUT2D eigenvalue weighted by molar-refractivity contribution is -0.139. The van der Waals surface area contributed by atoms with E-state index in [9.17, 15) is 9.59 Å². The van der Waals surface area contributed by atoms with Gasteiger partial charge >= 0.3 is 5.97 Å². The Bertz CT molecular complexity index is 1800. The number of para-hydroxylation sites is 1. The SMILES string of the molecule is CCOC(=O)C1=C(C)N=c2s/c(=C/c3ccc(OCc4ccc(I)cc4)cc3)c(=O)n2[C@H]1c1ccccc1OC(C)C. The molecule has 4 aromatic rings. The first-order valence-electron chi connectivity index (χ1n) is 13.7. The summed E-state index contributed by atoms with van der Waals surface area (Å²) in [5.74, 6) is 0.839. The minimum atomic E-state index is -0.741. The van der Waals surface area contributed by atoms with Crippen molar-refractivity contribution in [3.63, 3.8) is 0 Å². The Morgan fingerprint density at radius 1 is 1.07 bits per heavy atom. The summed E-state index contributed by atoms with van der Waals surface area (Å²) in [6.45, 7) is 8.09. The lowest BCUT2D eigenvalue weighted by Crippen LogP contribution is -2.40. The molecule has 0 saturated carbocycles. The number of benzene rings is 3. The van der Waals surface area contributed by atoms with Crippen molar-refractivity contribution < 1.29 is 19.0 Å². The zero-order chi connectivity index (χ0) is 29.8. The number of carbonyl (C=O) groups excluding carboxylic acids is 1. The van der Waals surface area contributed by atoms with Gasteiger partial charge in [-0.2, -0.15) is 0 Å². The van der Waals surface area contributed by atoms with Crippen molar-refractivity contribution in [3.8, 4) is 11.5 Å². The molecule has 2 heterocycles. The Morgan fingerprint density at radius 2 is 1.79 bits per heavy atom. The van der Waals surface area contributed by atoms with Gasteiger partial charge in [0.1, 0.15) is 24.1 Å². The van der Waals surface area contributed by atoms with Gasteiger partial charge in [-0.15, -0.1) is 0 Å². The fraction of sp³-hybridized carbons (Fsp3) is 0.242. The molecule has 3 aromatic carbocycles. The highest BCUT2D eigenvalue weighted by Crippen LogP contribution is 2.36. The van der Waals surface area contributed by atoms with Crippen molar-refractivity contribution in [2.24, 2.45) is 4.99 Å². The quantitative estimate of drug-likeness (QED) is 0.164. The molecule has 0 bridgehead atoms. The van der Waals surface area contributed by atoms with Crippen molar-refractivity contribution in [3.05, 3.63) is 124 Å². The number of rotatable bonds is 9. The molecule has 9 heteroatoms. The fourth-order valence-corrected chi connectivity index (χ4v) is 6.12. The molecule has 0 saturated heterocycles. The first-order valence-corrected chi connectivity index (χ1v) is 15.6. The fourth-order valence-electron chi connectivity index (χ4n) is 4.71. The summed E-state index contributed by atoms with van der Waals surface area (Å²) in [5.41, 5.74) is 3.24. The van der Waals surface area contributed by atoms with Crippen LogP contribution in [0.25, 0.3) is 6.08 Å². The lowest BCUT2D eigenvalue weighted by Gasteiger charge is -2.26. The number of carbonyl (C=O) groups is 1. The molecule has 0 aliphatic carbocycles. The number of hydrogen-bond acceptors (Lipinski definition) is 7. The zero-order valence-corrected chi connectivity index (χ0v) is 26.8. The van der Waals surface area contributed by atoms with E-state index in [1.807, 2.05) is 80.6 Å². The monoisotopic (exact) mass is 694 g/mol. The minimum Gasteiger partial charge on any atom is -0.491 e. The topological polar surface area (TPSA) is 79.1 Å². The maximum atomic E-state index is 14.0. The highest BCUT2D eigenvalue weighted by atomic mass is 127. The Labute approximate surface area is 261 Å². The summed E-state index contributed by atoms with van der Waals surface area (Å²) >= 11 is 3.57. The van der Waals surface area contributed by atoms with Crippen LogP contribution in [0, 0.1) is 3.57 Å². The normalized spacial score (nSPS) is 14.9. The van der Waals surface area contributed by atoms with E-state index >= 15 is 0 Å². The van der Waals surface area contributed by atoms with Gasteiger partial charge in [-0.25, -0.2) is 9.79 Å². The highest BCUT2D eigenvalue weighted by Gasteiger charge is 2.35. The molecule has 0 N–H and O–H groups in total. The van der Waals surface area contributed by atoms with Crippen LogP contribution in [-0.2, 0) is 16.1 Å². The van der Waals surface area contributed by atoms with E-state index in [1.165, 1.54) is 14.9 Å². The molecule has 1 aliphatic heterocycles. The maximum Gasteiger partial charge on any atom is 0.338 e. The molecule has 216 valence electrons. The van der Waals surface area contributed by atoms with Gasteiger partial charge in [0, 0.05) is 9.13 Å².